The molecule has 2 atom stereocenters. The van der Waals surface area contributed by atoms with Crippen LogP contribution in [0.4, 0.5) is 0 Å². The molecule has 0 amide bonds. The van der Waals surface area contributed by atoms with Crippen molar-refractivity contribution in [3.05, 3.63) is 34.9 Å². The van der Waals surface area contributed by atoms with Crippen LogP contribution in [0.1, 0.15) is 24.4 Å². The third kappa shape index (κ3) is 3.25. The Bertz CT molecular complexity index is 515. The van der Waals surface area contributed by atoms with E-state index in [2.05, 4.69) is 5.32 Å². The van der Waals surface area contributed by atoms with Crippen molar-refractivity contribution >= 4 is 21.4 Å². The molecule has 3 nitrogen and oxygen atoms in total. The molecule has 100 valence electrons. The molecule has 0 aliphatic carbocycles. The monoisotopic (exact) mass is 287 g/mol. The van der Waals surface area contributed by atoms with Crippen molar-refractivity contribution in [1.82, 2.24) is 5.32 Å². The Morgan fingerprint density at radius 2 is 2.17 bits per heavy atom. The molecule has 0 spiro atoms. The van der Waals surface area contributed by atoms with Gasteiger partial charge in [0.15, 0.2) is 9.84 Å². The van der Waals surface area contributed by atoms with Gasteiger partial charge in [0, 0.05) is 11.1 Å². The Kier molecular flexibility index (Phi) is 4.30. The fraction of sp³-hybridized carbons (Fsp3) is 0.538. The van der Waals surface area contributed by atoms with Crippen LogP contribution in [-0.2, 0) is 9.84 Å². The zero-order chi connectivity index (χ0) is 13.2. The smallest absolute Gasteiger partial charge is 0.150 e. The van der Waals surface area contributed by atoms with Crippen molar-refractivity contribution < 1.29 is 8.42 Å². The van der Waals surface area contributed by atoms with Crippen LogP contribution in [0.2, 0.25) is 5.02 Å². The summed E-state index contributed by atoms with van der Waals surface area (Å²) in [6.45, 7) is 0. The van der Waals surface area contributed by atoms with Crippen LogP contribution in [0.15, 0.2) is 24.3 Å². The van der Waals surface area contributed by atoms with Crippen LogP contribution in [0.25, 0.3) is 0 Å². The Morgan fingerprint density at radius 1 is 1.44 bits per heavy atom. The topological polar surface area (TPSA) is 46.2 Å². The van der Waals surface area contributed by atoms with Gasteiger partial charge in [0.1, 0.15) is 0 Å². The van der Waals surface area contributed by atoms with Gasteiger partial charge in [0.25, 0.3) is 0 Å². The van der Waals surface area contributed by atoms with E-state index in [0.29, 0.717) is 11.5 Å². The maximum absolute atomic E-state index is 11.5. The molecular formula is C13H18ClNO2S. The van der Waals surface area contributed by atoms with Crippen LogP contribution in [0.3, 0.4) is 0 Å². The molecule has 0 bridgehead atoms. The lowest BCUT2D eigenvalue weighted by Crippen LogP contribution is -2.21. The number of halogens is 1. The molecule has 5 heteroatoms. The first-order valence-electron chi connectivity index (χ1n) is 6.14. The quantitative estimate of drug-likeness (QED) is 0.925. The fourth-order valence-electron chi connectivity index (χ4n) is 2.55. The van der Waals surface area contributed by atoms with E-state index >= 15 is 0 Å². The third-order valence-corrected chi connectivity index (χ3v) is 5.71. The van der Waals surface area contributed by atoms with Gasteiger partial charge in [-0.15, -0.1) is 0 Å². The first-order valence-corrected chi connectivity index (χ1v) is 8.34. The summed E-state index contributed by atoms with van der Waals surface area (Å²) in [7, 11) is -0.916. The Morgan fingerprint density at radius 3 is 2.72 bits per heavy atom. The highest BCUT2D eigenvalue weighted by Gasteiger charge is 2.30. The summed E-state index contributed by atoms with van der Waals surface area (Å²) in [5, 5.41) is 3.97. The van der Waals surface area contributed by atoms with Crippen molar-refractivity contribution in [2.24, 2.45) is 5.92 Å². The van der Waals surface area contributed by atoms with Gasteiger partial charge in [0.2, 0.25) is 0 Å². The van der Waals surface area contributed by atoms with Gasteiger partial charge in [-0.1, -0.05) is 29.8 Å². The normalized spacial score (nSPS) is 24.0. The third-order valence-electron chi connectivity index (χ3n) is 3.52. The molecule has 1 heterocycles. The summed E-state index contributed by atoms with van der Waals surface area (Å²) >= 11 is 6.18. The van der Waals surface area contributed by atoms with Crippen molar-refractivity contribution in [1.29, 1.82) is 0 Å². The van der Waals surface area contributed by atoms with E-state index in [4.69, 9.17) is 11.6 Å². The lowest BCUT2D eigenvalue weighted by molar-refractivity contribution is 0.437. The largest absolute Gasteiger partial charge is 0.313 e. The second-order valence-electron chi connectivity index (χ2n) is 4.87. The highest BCUT2D eigenvalue weighted by Crippen LogP contribution is 2.31. The number of rotatable bonds is 4. The lowest BCUT2D eigenvalue weighted by Gasteiger charge is -2.20. The van der Waals surface area contributed by atoms with E-state index in [1.807, 2.05) is 31.3 Å². The summed E-state index contributed by atoms with van der Waals surface area (Å²) in [5.41, 5.74) is 1.05. The first kappa shape index (κ1) is 13.8. The van der Waals surface area contributed by atoms with Gasteiger partial charge in [-0.3, -0.25) is 0 Å². The molecule has 0 aromatic heterocycles. The second kappa shape index (κ2) is 5.59. The maximum atomic E-state index is 11.5. The highest BCUT2D eigenvalue weighted by molar-refractivity contribution is 7.91. The van der Waals surface area contributed by atoms with Gasteiger partial charge in [-0.05, 0) is 37.4 Å². The Hall–Kier alpha value is -0.580. The summed E-state index contributed by atoms with van der Waals surface area (Å²) < 4.78 is 22.9. The minimum Gasteiger partial charge on any atom is -0.313 e. The van der Waals surface area contributed by atoms with E-state index < -0.39 is 9.84 Å². The Labute approximate surface area is 113 Å². The number of benzene rings is 1. The van der Waals surface area contributed by atoms with Gasteiger partial charge < -0.3 is 5.32 Å². The van der Waals surface area contributed by atoms with Gasteiger partial charge >= 0.3 is 0 Å². The van der Waals surface area contributed by atoms with E-state index in [0.717, 1.165) is 23.4 Å². The molecule has 0 saturated carbocycles. The predicted octanol–water partition coefficient (Wildman–Crippen LogP) is 2.43. The number of nitrogens with one attached hydrogen (secondary N) is 1. The summed E-state index contributed by atoms with van der Waals surface area (Å²) in [6, 6.07) is 7.84. The van der Waals surface area contributed by atoms with Crippen molar-refractivity contribution in [3.63, 3.8) is 0 Å². The van der Waals surface area contributed by atoms with Gasteiger partial charge in [-0.2, -0.15) is 0 Å². The van der Waals surface area contributed by atoms with Crippen LogP contribution < -0.4 is 5.32 Å². The first-order chi connectivity index (χ1) is 8.52. The summed E-state index contributed by atoms with van der Waals surface area (Å²) in [5.74, 6) is 0.885. The highest BCUT2D eigenvalue weighted by atomic mass is 35.5. The maximum Gasteiger partial charge on any atom is 0.150 e. The van der Waals surface area contributed by atoms with E-state index in [-0.39, 0.29) is 12.0 Å². The number of sulfone groups is 1. The molecule has 1 saturated heterocycles. The van der Waals surface area contributed by atoms with E-state index in [1.165, 1.54) is 0 Å². The van der Waals surface area contributed by atoms with Gasteiger partial charge in [-0.25, -0.2) is 8.42 Å². The summed E-state index contributed by atoms with van der Waals surface area (Å²) in [6.07, 6.45) is 1.59. The molecule has 1 N–H and O–H groups in total. The molecule has 18 heavy (non-hydrogen) atoms. The zero-order valence-electron chi connectivity index (χ0n) is 10.4. The average molecular weight is 288 g/mol. The zero-order valence-corrected chi connectivity index (χ0v) is 12.0. The van der Waals surface area contributed by atoms with E-state index in [1.54, 1.807) is 0 Å². The number of hydrogen-bond acceptors (Lipinski definition) is 3. The van der Waals surface area contributed by atoms with Crippen LogP contribution in [-0.4, -0.2) is 27.0 Å². The molecule has 2 unspecified atom stereocenters. The standard InChI is InChI=1S/C13H18ClNO2S/c1-15-13(11-4-2-3-5-12(11)14)8-10-6-7-18(16,17)9-10/h2-5,10,13,15H,6-9H2,1H3. The van der Waals surface area contributed by atoms with Crippen molar-refractivity contribution in [2.45, 2.75) is 18.9 Å². The predicted molar refractivity (Wildman–Crippen MR) is 74.6 cm³/mol. The minimum atomic E-state index is -2.80. The lowest BCUT2D eigenvalue weighted by atomic mass is 9.94. The SMILES string of the molecule is CNC(CC1CCS(=O)(=O)C1)c1ccccc1Cl. The molecule has 1 aliphatic rings. The van der Waals surface area contributed by atoms with Crippen LogP contribution in [0.5, 0.6) is 0 Å². The molecule has 1 aromatic rings. The fourth-order valence-corrected chi connectivity index (χ4v) is 4.70. The molecule has 1 aliphatic heterocycles. The van der Waals surface area contributed by atoms with E-state index in [9.17, 15) is 8.42 Å². The van der Waals surface area contributed by atoms with Crippen molar-refractivity contribution in [2.75, 3.05) is 18.6 Å². The van der Waals surface area contributed by atoms with Crippen LogP contribution >= 0.6 is 11.6 Å². The Balaban J connectivity index is 2.09. The molecule has 1 fully saturated rings. The molecule has 1 aromatic carbocycles. The summed E-state index contributed by atoms with van der Waals surface area (Å²) in [4.78, 5) is 0. The second-order valence-corrected chi connectivity index (χ2v) is 7.50. The van der Waals surface area contributed by atoms with Crippen LogP contribution in [0, 0.1) is 5.92 Å². The molecule has 2 rings (SSSR count). The minimum absolute atomic E-state index is 0.122. The van der Waals surface area contributed by atoms with Gasteiger partial charge in [0.05, 0.1) is 11.5 Å². The average Bonchev–Trinajstić information content (AvgIpc) is 2.67. The molecule has 0 radical (unpaired) electrons. The number of hydrogen-bond donors (Lipinski definition) is 1. The van der Waals surface area contributed by atoms with Crippen molar-refractivity contribution in [3.8, 4) is 0 Å². The molecular weight excluding hydrogens is 270 g/mol.